The molecule has 0 aliphatic rings. The van der Waals surface area contributed by atoms with Gasteiger partial charge >= 0.3 is 13.1 Å². The van der Waals surface area contributed by atoms with Gasteiger partial charge in [-0.1, -0.05) is 0 Å². The molecule has 15 heavy (non-hydrogen) atoms. The zero-order chi connectivity index (χ0) is 16.4. The molecular formula is C8H10BNO5. The van der Waals surface area contributed by atoms with Gasteiger partial charge in [0, 0.05) is 11.7 Å². The lowest BCUT2D eigenvalue weighted by molar-refractivity contribution is 0.0596. The van der Waals surface area contributed by atoms with Crippen molar-refractivity contribution in [2.24, 2.45) is 0 Å². The molecular weight excluding hydrogens is 201 g/mol. The van der Waals surface area contributed by atoms with E-state index in [0.29, 0.717) is 0 Å². The van der Waals surface area contributed by atoms with Crippen LogP contribution in [0.3, 0.4) is 0 Å². The molecule has 0 radical (unpaired) electrons. The Morgan fingerprint density at radius 1 is 1.60 bits per heavy atom. The minimum absolute atomic E-state index is 0.273. The molecule has 1 aromatic rings. The molecule has 1 aromatic heterocycles. The largest absolute Gasteiger partial charge is 0.490 e. The van der Waals surface area contributed by atoms with Crippen molar-refractivity contribution < 1.29 is 32.5 Å². The third kappa shape index (κ3) is 2.45. The molecule has 0 aromatic carbocycles. The maximum absolute atomic E-state index is 11.7. The first-order valence-electron chi connectivity index (χ1n) is 6.67. The Hall–Kier alpha value is -1.60. The fraction of sp³-hybridized carbons (Fsp3) is 0.250. The topological polar surface area (TPSA) is 88.9 Å². The van der Waals surface area contributed by atoms with Gasteiger partial charge in [-0.25, -0.2) is 9.78 Å². The summed E-state index contributed by atoms with van der Waals surface area (Å²) in [5, 5.41) is 18.0. The summed E-state index contributed by atoms with van der Waals surface area (Å²) in [5.74, 6) is -2.15. The van der Waals surface area contributed by atoms with Crippen LogP contribution in [0.1, 0.15) is 18.6 Å². The van der Waals surface area contributed by atoms with Gasteiger partial charge in [-0.2, -0.15) is 0 Å². The number of hydrogen-bond donors (Lipinski definition) is 2. The zero-order valence-electron chi connectivity index (χ0n) is 13.3. The van der Waals surface area contributed by atoms with Gasteiger partial charge in [0.15, 0.2) is 0 Å². The van der Waals surface area contributed by atoms with Crippen LogP contribution in [0.5, 0.6) is 5.88 Å². The Kier molecular flexibility index (Phi) is 1.74. The highest BCUT2D eigenvalue weighted by atomic mass is 16.5. The lowest BCUT2D eigenvalue weighted by Gasteiger charge is -2.07. The Balaban J connectivity index is 3.23. The molecule has 0 spiro atoms. The summed E-state index contributed by atoms with van der Waals surface area (Å²) in [7, 11) is -8.01. The van der Waals surface area contributed by atoms with E-state index in [9.17, 15) is 4.79 Å². The first-order valence-corrected chi connectivity index (χ1v) is 3.67. The molecule has 0 atom stereocenters. The van der Waals surface area contributed by atoms with E-state index in [2.05, 4.69) is 14.5 Å². The predicted molar refractivity (Wildman–Crippen MR) is 52.0 cm³/mol. The molecule has 7 heteroatoms. The molecule has 0 fully saturated rings. The normalized spacial score (nSPS) is 17.2. The van der Waals surface area contributed by atoms with Crippen LogP contribution in [-0.2, 0) is 4.74 Å². The molecule has 0 saturated carbocycles. The summed E-state index contributed by atoms with van der Waals surface area (Å²) >= 11 is 0. The van der Waals surface area contributed by atoms with E-state index >= 15 is 0 Å². The molecule has 0 amide bonds. The lowest BCUT2D eigenvalue weighted by atomic mass is 9.81. The summed E-state index contributed by atoms with van der Waals surface area (Å²) in [4.78, 5) is 15.1. The van der Waals surface area contributed by atoms with Gasteiger partial charge < -0.3 is 19.5 Å². The fourth-order valence-electron chi connectivity index (χ4n) is 0.892. The van der Waals surface area contributed by atoms with Gasteiger partial charge in [-0.05, 0) is 6.07 Å². The highest BCUT2D eigenvalue weighted by Crippen LogP contribution is 2.13. The summed E-state index contributed by atoms with van der Waals surface area (Å²) in [5.41, 5.74) is -0.932. The third-order valence-electron chi connectivity index (χ3n) is 1.58. The number of hydrogen-bond acceptors (Lipinski definition) is 6. The number of pyridine rings is 1. The molecule has 0 unspecified atom stereocenters. The van der Waals surface area contributed by atoms with Gasteiger partial charge in [-0.3, -0.25) is 0 Å². The number of ether oxygens (including phenoxy) is 2. The van der Waals surface area contributed by atoms with E-state index in [1.807, 2.05) is 0 Å². The first-order chi connectivity index (χ1) is 9.39. The van der Waals surface area contributed by atoms with Crippen LogP contribution in [0.25, 0.3) is 0 Å². The number of aromatic nitrogens is 1. The summed E-state index contributed by atoms with van der Waals surface area (Å²) in [6.45, 7) is 0. The maximum atomic E-state index is 11.7. The molecule has 2 N–H and O–H groups in total. The SMILES string of the molecule is [2H]C([2H])([2H])OC(=O)c1cc(B(O)O)cnc1OC([2H])([2H])[2H]. The molecule has 1 heterocycles. The Morgan fingerprint density at radius 2 is 2.40 bits per heavy atom. The second-order valence-electron chi connectivity index (χ2n) is 2.49. The van der Waals surface area contributed by atoms with Crippen LogP contribution in [0, 0.1) is 0 Å². The van der Waals surface area contributed by atoms with Gasteiger partial charge in [0.2, 0.25) is 5.88 Å². The predicted octanol–water partition coefficient (Wildman–Crippen LogP) is -1.44. The van der Waals surface area contributed by atoms with Crippen molar-refractivity contribution in [3.8, 4) is 5.88 Å². The van der Waals surface area contributed by atoms with Crippen molar-refractivity contribution >= 4 is 18.6 Å². The molecule has 1 rings (SSSR count). The highest BCUT2D eigenvalue weighted by molar-refractivity contribution is 6.58. The Bertz CT molecular complexity index is 531. The molecule has 6 nitrogen and oxygen atoms in total. The van der Waals surface area contributed by atoms with Crippen molar-refractivity contribution in [2.45, 2.75) is 0 Å². The second kappa shape index (κ2) is 4.76. The van der Waals surface area contributed by atoms with Gasteiger partial charge in [0.1, 0.15) is 5.56 Å². The van der Waals surface area contributed by atoms with Crippen LogP contribution >= 0.6 is 0 Å². The average Bonchev–Trinajstić information content (AvgIpc) is 2.24. The van der Waals surface area contributed by atoms with Crippen LogP contribution < -0.4 is 10.2 Å². The summed E-state index contributed by atoms with van der Waals surface area (Å²) in [6.07, 6.45) is 0.859. The minimum atomic E-state index is -3.07. The van der Waals surface area contributed by atoms with Crippen molar-refractivity contribution in [1.82, 2.24) is 4.98 Å². The van der Waals surface area contributed by atoms with Crippen LogP contribution in [0.15, 0.2) is 12.3 Å². The molecule has 0 aliphatic heterocycles. The van der Waals surface area contributed by atoms with E-state index in [1.165, 1.54) is 0 Å². The quantitative estimate of drug-likeness (QED) is 0.476. The Morgan fingerprint density at radius 3 is 3.00 bits per heavy atom. The highest BCUT2D eigenvalue weighted by Gasteiger charge is 2.19. The number of methoxy groups -OCH3 is 2. The standard InChI is InChI=1S/C8H10BNO5/c1-14-7-6(8(11)15-2)3-5(4-10-7)9(12)13/h3-4,12-13H,1-2H3/i1D3,2D3. The number of nitrogens with zero attached hydrogens (tertiary/aromatic N) is 1. The fourth-order valence-corrected chi connectivity index (χ4v) is 0.892. The lowest BCUT2D eigenvalue weighted by Crippen LogP contribution is -2.31. The molecule has 80 valence electrons. The van der Waals surface area contributed by atoms with E-state index in [0.717, 1.165) is 12.3 Å². The molecule has 0 saturated heterocycles. The van der Waals surface area contributed by atoms with E-state index in [1.54, 1.807) is 0 Å². The summed E-state index contributed by atoms with van der Waals surface area (Å²) in [6, 6.07) is 0.812. The number of carbonyl (C=O) groups is 1. The average molecular weight is 217 g/mol. The van der Waals surface area contributed by atoms with Gasteiger partial charge in [0.25, 0.3) is 0 Å². The second-order valence-corrected chi connectivity index (χ2v) is 2.49. The smallest absolute Gasteiger partial charge is 0.480 e. The van der Waals surface area contributed by atoms with E-state index in [-0.39, 0.29) is 5.46 Å². The Labute approximate surface area is 95.0 Å². The van der Waals surface area contributed by atoms with Crippen LogP contribution in [-0.4, -0.2) is 42.2 Å². The monoisotopic (exact) mass is 217 g/mol. The van der Waals surface area contributed by atoms with E-state index < -0.39 is 38.6 Å². The van der Waals surface area contributed by atoms with Crippen LogP contribution in [0.4, 0.5) is 0 Å². The van der Waals surface area contributed by atoms with Crippen LogP contribution in [0.2, 0.25) is 0 Å². The van der Waals surface area contributed by atoms with Gasteiger partial charge in [0.05, 0.1) is 22.3 Å². The number of rotatable bonds is 3. The van der Waals surface area contributed by atoms with Crippen molar-refractivity contribution in [3.63, 3.8) is 0 Å². The van der Waals surface area contributed by atoms with E-state index in [4.69, 9.17) is 18.3 Å². The molecule has 0 aliphatic carbocycles. The third-order valence-corrected chi connectivity index (χ3v) is 1.58. The number of carbonyl (C=O) groups excluding carboxylic acids is 1. The zero-order valence-corrected chi connectivity index (χ0v) is 7.30. The van der Waals surface area contributed by atoms with Gasteiger partial charge in [-0.15, -0.1) is 0 Å². The van der Waals surface area contributed by atoms with Crippen molar-refractivity contribution in [3.05, 3.63) is 17.8 Å². The first kappa shape index (κ1) is 5.48. The maximum Gasteiger partial charge on any atom is 0.490 e. The summed E-state index contributed by atoms with van der Waals surface area (Å²) < 4.78 is 49.8. The van der Waals surface area contributed by atoms with Crippen molar-refractivity contribution in [2.75, 3.05) is 14.1 Å². The minimum Gasteiger partial charge on any atom is -0.480 e. The molecule has 0 bridgehead atoms. The number of esters is 1. The van der Waals surface area contributed by atoms with Crippen molar-refractivity contribution in [1.29, 1.82) is 0 Å².